The molecule has 5 nitrogen and oxygen atoms in total. The number of ether oxygens (including phenoxy) is 1. The largest absolute Gasteiger partial charge is 0.508 e. The summed E-state index contributed by atoms with van der Waals surface area (Å²) in [5.74, 6) is -0.269. The zero-order valence-corrected chi connectivity index (χ0v) is 15.3. The molecule has 4 aromatic rings. The Labute approximate surface area is 165 Å². The summed E-state index contributed by atoms with van der Waals surface area (Å²) in [6.07, 6.45) is 1.55. The fourth-order valence-electron chi connectivity index (χ4n) is 3.90. The van der Waals surface area contributed by atoms with Crippen LogP contribution in [0.5, 0.6) is 11.5 Å². The third-order valence-corrected chi connectivity index (χ3v) is 5.24. The average Bonchev–Trinajstić information content (AvgIpc) is 2.73. The van der Waals surface area contributed by atoms with E-state index in [0.717, 1.165) is 11.1 Å². The van der Waals surface area contributed by atoms with E-state index in [1.807, 2.05) is 36.4 Å². The standard InChI is InChI=1S/C24H16O5/c25-16-8-4-7-15(11-16)18-12-21(26)29-20-10-9-17-23(27)19(13-28-24(17)22(18)20)14-5-2-1-3-6-14/h1-11,13,18,25H,12H2/t18-/m1/s1. The Morgan fingerprint density at radius 3 is 2.55 bits per heavy atom. The molecule has 1 atom stereocenters. The summed E-state index contributed by atoms with van der Waals surface area (Å²) in [6, 6.07) is 19.3. The molecule has 0 amide bonds. The molecule has 0 spiro atoms. The summed E-state index contributed by atoms with van der Waals surface area (Å²) in [5, 5.41) is 10.3. The minimum Gasteiger partial charge on any atom is -0.508 e. The van der Waals surface area contributed by atoms with Crippen molar-refractivity contribution in [3.63, 3.8) is 0 Å². The predicted octanol–water partition coefficient (Wildman–Crippen LogP) is 4.61. The predicted molar refractivity (Wildman–Crippen MR) is 108 cm³/mol. The molecule has 142 valence electrons. The molecular weight excluding hydrogens is 368 g/mol. The fraction of sp³-hybridized carbons (Fsp3) is 0.0833. The van der Waals surface area contributed by atoms with Crippen molar-refractivity contribution in [3.8, 4) is 22.6 Å². The first-order chi connectivity index (χ1) is 14.1. The van der Waals surface area contributed by atoms with Gasteiger partial charge in [0.05, 0.1) is 17.4 Å². The Morgan fingerprint density at radius 2 is 1.76 bits per heavy atom. The number of hydrogen-bond acceptors (Lipinski definition) is 5. The minimum absolute atomic E-state index is 0.0969. The number of aromatic hydroxyl groups is 1. The summed E-state index contributed by atoms with van der Waals surface area (Å²) < 4.78 is 11.4. The van der Waals surface area contributed by atoms with Crippen molar-refractivity contribution in [1.82, 2.24) is 0 Å². The zero-order valence-electron chi connectivity index (χ0n) is 15.3. The average molecular weight is 384 g/mol. The molecule has 2 heterocycles. The van der Waals surface area contributed by atoms with Crippen LogP contribution in [0.4, 0.5) is 0 Å². The molecule has 3 aromatic carbocycles. The SMILES string of the molecule is O=C1C[C@H](c2cccc(O)c2)c2c(ccc3c(=O)c(-c4ccccc4)coc23)O1. The number of esters is 1. The fourth-order valence-corrected chi connectivity index (χ4v) is 3.90. The molecule has 5 rings (SSSR count). The highest BCUT2D eigenvalue weighted by atomic mass is 16.5. The van der Waals surface area contributed by atoms with Crippen LogP contribution in [0.25, 0.3) is 22.1 Å². The number of benzene rings is 3. The first-order valence-corrected chi connectivity index (χ1v) is 9.25. The lowest BCUT2D eigenvalue weighted by Gasteiger charge is -2.25. The molecule has 0 saturated carbocycles. The van der Waals surface area contributed by atoms with Gasteiger partial charge < -0.3 is 14.3 Å². The van der Waals surface area contributed by atoms with Crippen LogP contribution >= 0.6 is 0 Å². The van der Waals surface area contributed by atoms with E-state index in [1.54, 1.807) is 30.3 Å². The van der Waals surface area contributed by atoms with Crippen LogP contribution in [0.15, 0.2) is 82.2 Å². The van der Waals surface area contributed by atoms with Gasteiger partial charge in [0.15, 0.2) is 0 Å². The van der Waals surface area contributed by atoms with Crippen molar-refractivity contribution >= 4 is 16.9 Å². The van der Waals surface area contributed by atoms with Crippen molar-refractivity contribution in [3.05, 3.63) is 94.3 Å². The van der Waals surface area contributed by atoms with Crippen LogP contribution in [0, 0.1) is 0 Å². The summed E-state index contributed by atoms with van der Waals surface area (Å²) in [6.45, 7) is 0. The molecule has 1 N–H and O–H groups in total. The Morgan fingerprint density at radius 1 is 0.931 bits per heavy atom. The molecule has 0 aliphatic carbocycles. The number of rotatable bonds is 2. The molecule has 1 aromatic heterocycles. The molecule has 29 heavy (non-hydrogen) atoms. The topological polar surface area (TPSA) is 76.7 Å². The quantitative estimate of drug-likeness (QED) is 0.404. The number of hydrogen-bond donors (Lipinski definition) is 1. The van der Waals surface area contributed by atoms with Crippen molar-refractivity contribution in [2.45, 2.75) is 12.3 Å². The third kappa shape index (κ3) is 2.88. The van der Waals surface area contributed by atoms with E-state index in [2.05, 4.69) is 0 Å². The summed E-state index contributed by atoms with van der Waals surface area (Å²) >= 11 is 0. The van der Waals surface area contributed by atoms with Gasteiger partial charge in [-0.3, -0.25) is 9.59 Å². The monoisotopic (exact) mass is 384 g/mol. The number of fused-ring (bicyclic) bond motifs is 3. The summed E-state index contributed by atoms with van der Waals surface area (Å²) in [7, 11) is 0. The Bertz CT molecular complexity index is 1300. The summed E-state index contributed by atoms with van der Waals surface area (Å²) in [4.78, 5) is 25.3. The minimum atomic E-state index is -0.382. The maximum Gasteiger partial charge on any atom is 0.312 e. The second-order valence-electron chi connectivity index (χ2n) is 7.02. The Kier molecular flexibility index (Phi) is 3.95. The van der Waals surface area contributed by atoms with Gasteiger partial charge in [0.1, 0.15) is 23.3 Å². The van der Waals surface area contributed by atoms with Gasteiger partial charge in [0.2, 0.25) is 5.43 Å². The van der Waals surface area contributed by atoms with Crippen LogP contribution in [0.1, 0.15) is 23.5 Å². The van der Waals surface area contributed by atoms with Gasteiger partial charge in [-0.15, -0.1) is 0 Å². The normalized spacial score (nSPS) is 15.7. The molecule has 0 saturated heterocycles. The van der Waals surface area contributed by atoms with Crippen LogP contribution in [-0.4, -0.2) is 11.1 Å². The lowest BCUT2D eigenvalue weighted by atomic mass is 9.85. The van der Waals surface area contributed by atoms with Gasteiger partial charge in [-0.1, -0.05) is 42.5 Å². The van der Waals surface area contributed by atoms with E-state index in [1.165, 1.54) is 6.26 Å². The number of phenols is 1. The number of carbonyl (C=O) groups is 1. The third-order valence-electron chi connectivity index (χ3n) is 5.24. The maximum atomic E-state index is 13.2. The van der Waals surface area contributed by atoms with Crippen molar-refractivity contribution < 1.29 is 19.1 Å². The molecule has 0 radical (unpaired) electrons. The smallest absolute Gasteiger partial charge is 0.312 e. The first kappa shape index (κ1) is 17.3. The van der Waals surface area contributed by atoms with E-state index in [0.29, 0.717) is 27.8 Å². The Hall–Kier alpha value is -3.86. The lowest BCUT2D eigenvalue weighted by Crippen LogP contribution is -2.22. The van der Waals surface area contributed by atoms with Gasteiger partial charge in [0.25, 0.3) is 0 Å². The molecule has 5 heteroatoms. The van der Waals surface area contributed by atoms with Crippen LogP contribution in [0.3, 0.4) is 0 Å². The van der Waals surface area contributed by atoms with Crippen LogP contribution < -0.4 is 10.2 Å². The highest BCUT2D eigenvalue weighted by Crippen LogP contribution is 2.43. The van der Waals surface area contributed by atoms with E-state index in [-0.39, 0.29) is 29.5 Å². The highest BCUT2D eigenvalue weighted by molar-refractivity contribution is 5.90. The molecule has 1 aliphatic rings. The van der Waals surface area contributed by atoms with Gasteiger partial charge in [0, 0.05) is 11.5 Å². The number of phenolic OH excluding ortho intramolecular Hbond substituents is 1. The molecule has 0 fully saturated rings. The maximum absolute atomic E-state index is 13.2. The van der Waals surface area contributed by atoms with Crippen LogP contribution in [0.2, 0.25) is 0 Å². The van der Waals surface area contributed by atoms with Crippen molar-refractivity contribution in [1.29, 1.82) is 0 Å². The van der Waals surface area contributed by atoms with Gasteiger partial charge >= 0.3 is 5.97 Å². The second-order valence-corrected chi connectivity index (χ2v) is 7.02. The molecule has 0 unspecified atom stereocenters. The van der Waals surface area contributed by atoms with E-state index < -0.39 is 0 Å². The second kappa shape index (κ2) is 6.63. The van der Waals surface area contributed by atoms with Crippen molar-refractivity contribution in [2.24, 2.45) is 0 Å². The van der Waals surface area contributed by atoms with Gasteiger partial charge in [-0.05, 0) is 35.4 Å². The molecular formula is C24H16O5. The van der Waals surface area contributed by atoms with E-state index in [4.69, 9.17) is 9.15 Å². The number of carbonyl (C=O) groups excluding carboxylic acids is 1. The summed E-state index contributed by atoms with van der Waals surface area (Å²) in [5.41, 5.74) is 2.89. The van der Waals surface area contributed by atoms with E-state index in [9.17, 15) is 14.7 Å². The molecule has 1 aliphatic heterocycles. The highest BCUT2D eigenvalue weighted by Gasteiger charge is 2.32. The van der Waals surface area contributed by atoms with Gasteiger partial charge in [-0.25, -0.2) is 0 Å². The van der Waals surface area contributed by atoms with Crippen LogP contribution in [-0.2, 0) is 4.79 Å². The van der Waals surface area contributed by atoms with E-state index >= 15 is 0 Å². The van der Waals surface area contributed by atoms with Gasteiger partial charge in [-0.2, -0.15) is 0 Å². The first-order valence-electron chi connectivity index (χ1n) is 9.25. The Balaban J connectivity index is 1.76. The van der Waals surface area contributed by atoms with Crippen molar-refractivity contribution in [2.75, 3.05) is 0 Å². The lowest BCUT2D eigenvalue weighted by molar-refractivity contribution is -0.135. The zero-order chi connectivity index (χ0) is 20.0. The molecule has 0 bridgehead atoms.